The summed E-state index contributed by atoms with van der Waals surface area (Å²) in [6.45, 7) is 11.4. The van der Waals surface area contributed by atoms with Gasteiger partial charge in [0.25, 0.3) is 0 Å². The van der Waals surface area contributed by atoms with E-state index in [0.29, 0.717) is 0 Å². The van der Waals surface area contributed by atoms with Crippen LogP contribution in [0.2, 0.25) is 0 Å². The van der Waals surface area contributed by atoms with Crippen molar-refractivity contribution in [3.05, 3.63) is 30.4 Å². The van der Waals surface area contributed by atoms with Crippen molar-refractivity contribution in [1.29, 1.82) is 0 Å². The monoisotopic (exact) mass is 305 g/mol. The highest BCUT2D eigenvalue weighted by atomic mass is 32.2. The Hall–Kier alpha value is -1.46. The van der Waals surface area contributed by atoms with Crippen LogP contribution < -0.4 is 10.1 Å². The number of H-pyrrole nitrogens is 1. The second-order valence-electron chi connectivity index (χ2n) is 6.07. The molecule has 0 spiro atoms. The minimum Gasteiger partial charge on any atom is -0.497 e. The zero-order valence-electron chi connectivity index (χ0n) is 13.1. The van der Waals surface area contributed by atoms with E-state index in [1.54, 1.807) is 18.9 Å². The summed E-state index contributed by atoms with van der Waals surface area (Å²) in [5.74, 6) is 1.68. The quantitative estimate of drug-likeness (QED) is 0.632. The molecule has 0 amide bonds. The molecule has 2 aromatic rings. The van der Waals surface area contributed by atoms with Crippen molar-refractivity contribution < 1.29 is 4.74 Å². The molecule has 0 fully saturated rings. The molecule has 114 valence electrons. The number of aromatic nitrogens is 2. The van der Waals surface area contributed by atoms with Crippen LogP contribution in [0.15, 0.2) is 35.5 Å². The number of ether oxygens (including phenoxy) is 1. The van der Waals surface area contributed by atoms with Gasteiger partial charge in [-0.15, -0.1) is 0 Å². The van der Waals surface area contributed by atoms with E-state index in [4.69, 9.17) is 4.74 Å². The van der Waals surface area contributed by atoms with Gasteiger partial charge in [-0.1, -0.05) is 23.9 Å². The zero-order chi connectivity index (χ0) is 15.5. The minimum absolute atomic E-state index is 0.115. The molecule has 21 heavy (non-hydrogen) atoms. The number of nitrogens with zero attached hydrogens (tertiary/aromatic N) is 1. The third-order valence-electron chi connectivity index (χ3n) is 2.95. The molecule has 0 aliphatic rings. The fraction of sp³-hybridized carbons (Fsp3) is 0.438. The lowest BCUT2D eigenvalue weighted by molar-refractivity contribution is 0.415. The topological polar surface area (TPSA) is 49.9 Å². The molecule has 2 rings (SSSR count). The van der Waals surface area contributed by atoms with Crippen LogP contribution in [-0.2, 0) is 0 Å². The van der Waals surface area contributed by atoms with Crippen LogP contribution in [0.3, 0.4) is 0 Å². The highest BCUT2D eigenvalue weighted by molar-refractivity contribution is 7.99. The molecule has 0 radical (unpaired) electrons. The number of nitrogens with one attached hydrogen (secondary N) is 2. The summed E-state index contributed by atoms with van der Waals surface area (Å²) in [6.07, 6.45) is 0. The molecular weight excluding hydrogens is 282 g/mol. The third kappa shape index (κ3) is 4.79. The smallest absolute Gasteiger partial charge is 0.166 e. The Morgan fingerprint density at radius 1 is 1.43 bits per heavy atom. The molecule has 0 saturated carbocycles. The van der Waals surface area contributed by atoms with Crippen molar-refractivity contribution in [3.63, 3.8) is 0 Å². The van der Waals surface area contributed by atoms with Gasteiger partial charge in [-0.3, -0.25) is 0 Å². The largest absolute Gasteiger partial charge is 0.497 e. The first-order valence-corrected chi connectivity index (χ1v) is 7.94. The van der Waals surface area contributed by atoms with Gasteiger partial charge >= 0.3 is 0 Å². The molecule has 0 atom stereocenters. The predicted molar refractivity (Wildman–Crippen MR) is 90.3 cm³/mol. The Bertz CT molecular complexity index is 628. The van der Waals surface area contributed by atoms with Crippen LogP contribution in [0.4, 0.5) is 0 Å². The first kappa shape index (κ1) is 15.9. The number of hydrogen-bond acceptors (Lipinski definition) is 4. The fourth-order valence-corrected chi connectivity index (χ4v) is 2.56. The molecule has 0 bridgehead atoms. The summed E-state index contributed by atoms with van der Waals surface area (Å²) in [7, 11) is 1.67. The van der Waals surface area contributed by atoms with E-state index in [2.05, 4.69) is 42.6 Å². The first-order valence-electron chi connectivity index (χ1n) is 6.95. The normalized spacial score (nSPS) is 11.8. The zero-order valence-corrected chi connectivity index (χ0v) is 13.9. The van der Waals surface area contributed by atoms with Gasteiger partial charge in [0.1, 0.15) is 5.75 Å². The van der Waals surface area contributed by atoms with Crippen molar-refractivity contribution >= 4 is 22.8 Å². The molecule has 0 aliphatic carbocycles. The summed E-state index contributed by atoms with van der Waals surface area (Å²) < 4.78 is 5.22. The van der Waals surface area contributed by atoms with Crippen LogP contribution in [0.5, 0.6) is 5.75 Å². The van der Waals surface area contributed by atoms with Gasteiger partial charge in [-0.05, 0) is 32.9 Å². The molecule has 4 nitrogen and oxygen atoms in total. The maximum Gasteiger partial charge on any atom is 0.166 e. The molecule has 0 saturated heterocycles. The number of methoxy groups -OCH3 is 1. The van der Waals surface area contributed by atoms with Crippen molar-refractivity contribution in [3.8, 4) is 5.75 Å². The predicted octanol–water partition coefficient (Wildman–Crippen LogP) is 3.61. The van der Waals surface area contributed by atoms with Crippen LogP contribution in [0, 0.1) is 0 Å². The summed E-state index contributed by atoms with van der Waals surface area (Å²) in [5, 5.41) is 4.35. The second-order valence-corrected chi connectivity index (χ2v) is 7.03. The number of benzene rings is 1. The van der Waals surface area contributed by atoms with E-state index in [9.17, 15) is 0 Å². The number of fused-ring (bicyclic) bond motifs is 1. The first-order chi connectivity index (χ1) is 9.87. The lowest BCUT2D eigenvalue weighted by atomic mass is 10.1. The fourth-order valence-electron chi connectivity index (χ4n) is 1.77. The average Bonchev–Trinajstić information content (AvgIpc) is 2.83. The van der Waals surface area contributed by atoms with E-state index >= 15 is 0 Å². The van der Waals surface area contributed by atoms with Crippen LogP contribution in [-0.4, -0.2) is 34.9 Å². The van der Waals surface area contributed by atoms with E-state index in [1.165, 1.54) is 0 Å². The summed E-state index contributed by atoms with van der Waals surface area (Å²) >= 11 is 1.67. The van der Waals surface area contributed by atoms with Crippen molar-refractivity contribution in [1.82, 2.24) is 15.3 Å². The summed E-state index contributed by atoms with van der Waals surface area (Å²) in [5.41, 5.74) is 3.23. The lowest BCUT2D eigenvalue weighted by Crippen LogP contribution is -2.37. The number of rotatable bonds is 6. The average molecular weight is 305 g/mol. The molecule has 0 aliphatic heterocycles. The van der Waals surface area contributed by atoms with Gasteiger partial charge in [0, 0.05) is 23.9 Å². The number of imidazole rings is 1. The Morgan fingerprint density at radius 2 is 2.19 bits per heavy atom. The van der Waals surface area contributed by atoms with Crippen molar-refractivity contribution in [2.24, 2.45) is 0 Å². The van der Waals surface area contributed by atoms with Crippen LogP contribution >= 0.6 is 11.8 Å². The van der Waals surface area contributed by atoms with Gasteiger partial charge in [-0.2, -0.15) is 0 Å². The van der Waals surface area contributed by atoms with Gasteiger partial charge in [-0.25, -0.2) is 4.98 Å². The molecule has 0 unspecified atom stereocenters. The maximum atomic E-state index is 5.22. The van der Waals surface area contributed by atoms with Crippen LogP contribution in [0.25, 0.3) is 11.0 Å². The third-order valence-corrected chi connectivity index (χ3v) is 3.97. The highest BCUT2D eigenvalue weighted by Crippen LogP contribution is 2.24. The molecule has 5 heteroatoms. The molecule has 1 aromatic heterocycles. The Labute approximate surface area is 130 Å². The van der Waals surface area contributed by atoms with Crippen molar-refractivity contribution in [2.45, 2.75) is 31.5 Å². The lowest BCUT2D eigenvalue weighted by Gasteiger charge is -2.21. The SMILES string of the molecule is C=C(CNC(C)(C)C)CSc1nc2ccc(OC)cc2[nH]1. The maximum absolute atomic E-state index is 5.22. The standard InChI is InChI=1S/C16H23N3OS/c1-11(9-17-16(2,3)4)10-21-15-18-13-7-6-12(20-5)8-14(13)19-15/h6-8,17H,1,9-10H2,2-5H3,(H,18,19). The van der Waals surface area contributed by atoms with E-state index < -0.39 is 0 Å². The van der Waals surface area contributed by atoms with Gasteiger partial charge < -0.3 is 15.0 Å². The molecule has 1 heterocycles. The van der Waals surface area contributed by atoms with Gasteiger partial charge in [0.05, 0.1) is 18.1 Å². The molecule has 1 aromatic carbocycles. The second kappa shape index (κ2) is 6.54. The summed E-state index contributed by atoms with van der Waals surface area (Å²) in [6, 6.07) is 5.84. The van der Waals surface area contributed by atoms with Crippen LogP contribution in [0.1, 0.15) is 20.8 Å². The van der Waals surface area contributed by atoms with Crippen molar-refractivity contribution in [2.75, 3.05) is 19.4 Å². The molecular formula is C16H23N3OS. The summed E-state index contributed by atoms with van der Waals surface area (Å²) in [4.78, 5) is 7.87. The number of hydrogen-bond donors (Lipinski definition) is 2. The van der Waals surface area contributed by atoms with Gasteiger partial charge in [0.15, 0.2) is 5.16 Å². The highest BCUT2D eigenvalue weighted by Gasteiger charge is 2.10. The van der Waals surface area contributed by atoms with Gasteiger partial charge in [0.2, 0.25) is 0 Å². The van der Waals surface area contributed by atoms with E-state index in [-0.39, 0.29) is 5.54 Å². The number of aromatic amines is 1. The van der Waals surface area contributed by atoms with E-state index in [1.807, 2.05) is 18.2 Å². The molecule has 2 N–H and O–H groups in total. The minimum atomic E-state index is 0.115. The van der Waals surface area contributed by atoms with E-state index in [0.717, 1.165) is 39.8 Å². The Kier molecular flexibility index (Phi) is 4.96. The Morgan fingerprint density at radius 3 is 2.86 bits per heavy atom. The number of thioether (sulfide) groups is 1. The Balaban J connectivity index is 1.93.